The number of aryl methyl sites for hydroxylation is 3. The van der Waals surface area contributed by atoms with Crippen molar-refractivity contribution >= 4 is 37.5 Å². The van der Waals surface area contributed by atoms with E-state index < -0.39 is 10.0 Å². The number of sulfonamides is 1. The molecule has 0 unspecified atom stereocenters. The third kappa shape index (κ3) is 3.29. The number of hydrogen-bond acceptors (Lipinski definition) is 4. The quantitative estimate of drug-likeness (QED) is 0.349. The maximum absolute atomic E-state index is 13.2. The summed E-state index contributed by atoms with van der Waals surface area (Å²) in [6.45, 7) is 5.66. The SMILES string of the molecule is Cc1ccc(S(=O)(=O)Nc2c3ccccc3c(-c3ccc(C)o3)c3oc(C)cc23)cc1. The van der Waals surface area contributed by atoms with E-state index in [4.69, 9.17) is 8.83 Å². The topological polar surface area (TPSA) is 72.5 Å². The van der Waals surface area contributed by atoms with E-state index in [9.17, 15) is 8.42 Å². The predicted molar refractivity (Wildman–Crippen MR) is 123 cm³/mol. The molecule has 2 aromatic heterocycles. The van der Waals surface area contributed by atoms with Crippen LogP contribution in [0.25, 0.3) is 33.1 Å². The van der Waals surface area contributed by atoms with Crippen LogP contribution in [0.15, 0.2) is 80.5 Å². The van der Waals surface area contributed by atoms with E-state index in [-0.39, 0.29) is 4.90 Å². The van der Waals surface area contributed by atoms with Crippen LogP contribution in [0.3, 0.4) is 0 Å². The number of nitrogens with one attached hydrogen (secondary N) is 1. The van der Waals surface area contributed by atoms with E-state index in [1.165, 1.54) is 0 Å². The molecule has 156 valence electrons. The summed E-state index contributed by atoms with van der Waals surface area (Å²) < 4.78 is 41.2. The molecular formula is C25H21NO4S. The Morgan fingerprint density at radius 2 is 1.45 bits per heavy atom. The number of furan rings is 2. The van der Waals surface area contributed by atoms with Gasteiger partial charge >= 0.3 is 0 Å². The van der Waals surface area contributed by atoms with Crippen LogP contribution in [0, 0.1) is 20.8 Å². The molecule has 0 radical (unpaired) electrons. The molecule has 0 bridgehead atoms. The monoisotopic (exact) mass is 431 g/mol. The lowest BCUT2D eigenvalue weighted by Crippen LogP contribution is -2.13. The summed E-state index contributed by atoms with van der Waals surface area (Å²) in [5.74, 6) is 2.16. The highest BCUT2D eigenvalue weighted by Crippen LogP contribution is 2.44. The Kier molecular flexibility index (Phi) is 4.41. The van der Waals surface area contributed by atoms with Crippen LogP contribution < -0.4 is 4.72 Å². The Labute approximate surface area is 180 Å². The first-order valence-electron chi connectivity index (χ1n) is 9.94. The summed E-state index contributed by atoms with van der Waals surface area (Å²) >= 11 is 0. The second kappa shape index (κ2) is 7.03. The number of anilines is 1. The normalized spacial score (nSPS) is 12.0. The van der Waals surface area contributed by atoms with Crippen molar-refractivity contribution in [2.45, 2.75) is 25.7 Å². The second-order valence-electron chi connectivity index (χ2n) is 7.72. The Morgan fingerprint density at radius 1 is 0.742 bits per heavy atom. The second-order valence-corrected chi connectivity index (χ2v) is 9.41. The van der Waals surface area contributed by atoms with Crippen molar-refractivity contribution < 1.29 is 17.3 Å². The van der Waals surface area contributed by atoms with Gasteiger partial charge in [-0.15, -0.1) is 0 Å². The summed E-state index contributed by atoms with van der Waals surface area (Å²) in [5.41, 5.74) is 2.89. The Bertz CT molecular complexity index is 1540. The minimum absolute atomic E-state index is 0.210. The highest BCUT2D eigenvalue weighted by atomic mass is 32.2. The fraction of sp³-hybridized carbons (Fsp3) is 0.120. The molecule has 2 heterocycles. The highest BCUT2D eigenvalue weighted by Gasteiger charge is 2.24. The predicted octanol–water partition coefficient (Wildman–Crippen LogP) is 6.57. The molecule has 0 saturated heterocycles. The number of rotatable bonds is 4. The van der Waals surface area contributed by atoms with Crippen LogP contribution in [0.2, 0.25) is 0 Å². The Hall–Kier alpha value is -3.51. The average molecular weight is 432 g/mol. The molecule has 5 nitrogen and oxygen atoms in total. The van der Waals surface area contributed by atoms with Crippen LogP contribution in [0.1, 0.15) is 17.1 Å². The van der Waals surface area contributed by atoms with E-state index in [2.05, 4.69) is 4.72 Å². The minimum atomic E-state index is -3.79. The molecule has 0 spiro atoms. The number of fused-ring (bicyclic) bond motifs is 2. The van der Waals surface area contributed by atoms with Gasteiger partial charge in [0.1, 0.15) is 22.9 Å². The summed E-state index contributed by atoms with van der Waals surface area (Å²) in [5, 5.41) is 2.31. The van der Waals surface area contributed by atoms with Crippen molar-refractivity contribution in [3.63, 3.8) is 0 Å². The highest BCUT2D eigenvalue weighted by molar-refractivity contribution is 7.92. The zero-order valence-electron chi connectivity index (χ0n) is 17.4. The van der Waals surface area contributed by atoms with Gasteiger partial charge in [0.25, 0.3) is 10.0 Å². The molecule has 0 aliphatic carbocycles. The first-order chi connectivity index (χ1) is 14.8. The maximum atomic E-state index is 13.2. The van der Waals surface area contributed by atoms with Gasteiger partial charge in [0.05, 0.1) is 16.1 Å². The third-order valence-electron chi connectivity index (χ3n) is 5.37. The molecule has 0 saturated carbocycles. The Balaban J connectivity index is 1.80. The van der Waals surface area contributed by atoms with Crippen molar-refractivity contribution in [1.29, 1.82) is 0 Å². The molecule has 0 fully saturated rings. The van der Waals surface area contributed by atoms with Gasteiger partial charge in [-0.25, -0.2) is 8.42 Å². The zero-order chi connectivity index (χ0) is 21.8. The molecule has 0 aliphatic rings. The summed E-state index contributed by atoms with van der Waals surface area (Å²) in [6, 6.07) is 20.1. The van der Waals surface area contributed by atoms with Crippen molar-refractivity contribution in [2.24, 2.45) is 0 Å². The van der Waals surface area contributed by atoms with Gasteiger partial charge in [-0.1, -0.05) is 42.0 Å². The molecule has 31 heavy (non-hydrogen) atoms. The fourth-order valence-corrected chi connectivity index (χ4v) is 5.01. The van der Waals surface area contributed by atoms with Gasteiger partial charge in [0, 0.05) is 10.8 Å². The summed E-state index contributed by atoms with van der Waals surface area (Å²) in [6.07, 6.45) is 0. The lowest BCUT2D eigenvalue weighted by Gasteiger charge is -2.15. The molecule has 0 aliphatic heterocycles. The van der Waals surface area contributed by atoms with E-state index in [0.717, 1.165) is 27.7 Å². The third-order valence-corrected chi connectivity index (χ3v) is 6.74. The molecule has 5 aromatic rings. The molecule has 0 atom stereocenters. The van der Waals surface area contributed by atoms with Gasteiger partial charge in [-0.3, -0.25) is 4.72 Å². The van der Waals surface area contributed by atoms with E-state index in [0.29, 0.717) is 28.2 Å². The van der Waals surface area contributed by atoms with Gasteiger partial charge < -0.3 is 8.83 Å². The average Bonchev–Trinajstić information content (AvgIpc) is 3.33. The number of benzene rings is 3. The minimum Gasteiger partial charge on any atom is -0.461 e. The van der Waals surface area contributed by atoms with Crippen molar-refractivity contribution in [2.75, 3.05) is 4.72 Å². The van der Waals surface area contributed by atoms with Crippen LogP contribution in [0.4, 0.5) is 5.69 Å². The van der Waals surface area contributed by atoms with Crippen molar-refractivity contribution in [1.82, 2.24) is 0 Å². The molecule has 0 amide bonds. The summed E-state index contributed by atoms with van der Waals surface area (Å²) in [7, 11) is -3.79. The molecular weight excluding hydrogens is 410 g/mol. The van der Waals surface area contributed by atoms with Gasteiger partial charge in [0.2, 0.25) is 0 Å². The van der Waals surface area contributed by atoms with E-state index in [1.54, 1.807) is 24.3 Å². The first kappa shape index (κ1) is 19.5. The number of hydrogen-bond donors (Lipinski definition) is 1. The van der Waals surface area contributed by atoms with Crippen molar-refractivity contribution in [3.8, 4) is 11.3 Å². The zero-order valence-corrected chi connectivity index (χ0v) is 18.2. The van der Waals surface area contributed by atoms with Crippen molar-refractivity contribution in [3.05, 3.63) is 83.8 Å². The largest absolute Gasteiger partial charge is 0.461 e. The smallest absolute Gasteiger partial charge is 0.261 e. The molecule has 1 N–H and O–H groups in total. The lowest BCUT2D eigenvalue weighted by atomic mass is 9.98. The lowest BCUT2D eigenvalue weighted by molar-refractivity contribution is 0.544. The van der Waals surface area contributed by atoms with Crippen LogP contribution in [0.5, 0.6) is 0 Å². The first-order valence-corrected chi connectivity index (χ1v) is 11.4. The molecule has 3 aromatic carbocycles. The molecule has 6 heteroatoms. The standard InChI is InChI=1S/C25H21NO4S/c1-15-8-11-18(12-9-15)31(27,28)26-24-20-7-5-4-6-19(20)23(22-13-10-16(2)29-22)25-21(24)14-17(3)30-25/h4-14,26H,1-3H3. The maximum Gasteiger partial charge on any atom is 0.261 e. The summed E-state index contributed by atoms with van der Waals surface area (Å²) in [4.78, 5) is 0.210. The fourth-order valence-electron chi connectivity index (χ4n) is 3.91. The van der Waals surface area contributed by atoms with Gasteiger partial charge in [-0.05, 0) is 56.5 Å². The van der Waals surface area contributed by atoms with E-state index in [1.807, 2.05) is 63.2 Å². The van der Waals surface area contributed by atoms with Crippen LogP contribution in [-0.4, -0.2) is 8.42 Å². The van der Waals surface area contributed by atoms with Crippen LogP contribution >= 0.6 is 0 Å². The van der Waals surface area contributed by atoms with E-state index >= 15 is 0 Å². The van der Waals surface area contributed by atoms with Gasteiger partial charge in [-0.2, -0.15) is 0 Å². The Morgan fingerprint density at radius 3 is 2.13 bits per heavy atom. The van der Waals surface area contributed by atoms with Crippen LogP contribution in [-0.2, 0) is 10.0 Å². The molecule has 5 rings (SSSR count). The van der Waals surface area contributed by atoms with Gasteiger partial charge in [0.15, 0.2) is 0 Å².